The van der Waals surface area contributed by atoms with Crippen molar-refractivity contribution >= 4 is 17.2 Å². The molecule has 6 heteroatoms. The first-order valence-electron chi connectivity index (χ1n) is 10.4. The first-order chi connectivity index (χ1) is 13.7. The highest BCUT2D eigenvalue weighted by Crippen LogP contribution is 2.45. The van der Waals surface area contributed by atoms with Crippen molar-refractivity contribution in [1.29, 1.82) is 0 Å². The Labute approximate surface area is 170 Å². The zero-order chi connectivity index (χ0) is 19.0. The van der Waals surface area contributed by atoms with E-state index in [4.69, 9.17) is 4.74 Å². The van der Waals surface area contributed by atoms with Crippen molar-refractivity contribution in [3.05, 3.63) is 51.5 Å². The Hall–Kier alpha value is -1.76. The summed E-state index contributed by atoms with van der Waals surface area (Å²) < 4.78 is 6.40. The molecule has 1 amide bonds. The Morgan fingerprint density at radius 1 is 1.14 bits per heavy atom. The molecule has 5 nitrogen and oxygen atoms in total. The molecule has 148 valence electrons. The molecule has 0 radical (unpaired) electrons. The lowest BCUT2D eigenvalue weighted by atomic mass is 9.82. The fourth-order valence-electron chi connectivity index (χ4n) is 4.83. The quantitative estimate of drug-likeness (QED) is 0.796. The van der Waals surface area contributed by atoms with Crippen LogP contribution in [0.25, 0.3) is 0 Å². The van der Waals surface area contributed by atoms with Crippen LogP contribution in [0, 0.1) is 0 Å². The summed E-state index contributed by atoms with van der Waals surface area (Å²) in [6.45, 7) is 5.60. The monoisotopic (exact) mass is 397 g/mol. The van der Waals surface area contributed by atoms with Crippen LogP contribution in [0.5, 0.6) is 0 Å². The molecule has 1 spiro atoms. The molecule has 0 unspecified atom stereocenters. The van der Waals surface area contributed by atoms with E-state index >= 15 is 0 Å². The van der Waals surface area contributed by atoms with Gasteiger partial charge in [0.05, 0.1) is 17.1 Å². The van der Waals surface area contributed by atoms with E-state index in [0.717, 1.165) is 76.3 Å². The number of likely N-dealkylation sites (tertiary alicyclic amines) is 2. The lowest BCUT2D eigenvalue weighted by Crippen LogP contribution is -2.45. The van der Waals surface area contributed by atoms with Crippen molar-refractivity contribution in [3.63, 3.8) is 0 Å². The molecule has 0 bridgehead atoms. The minimum atomic E-state index is -0.192. The largest absolute Gasteiger partial charge is 0.370 e. The number of thiophene rings is 1. The Balaban J connectivity index is 1.31. The Morgan fingerprint density at radius 3 is 2.64 bits per heavy atom. The third-order valence-electron chi connectivity index (χ3n) is 6.43. The average molecular weight is 398 g/mol. The van der Waals surface area contributed by atoms with Crippen molar-refractivity contribution < 1.29 is 9.53 Å². The summed E-state index contributed by atoms with van der Waals surface area (Å²) in [5, 5.41) is 0. The highest BCUT2D eigenvalue weighted by molar-refractivity contribution is 7.14. The molecule has 0 saturated carbocycles. The van der Waals surface area contributed by atoms with Crippen LogP contribution in [-0.2, 0) is 23.3 Å². The number of aromatic nitrogens is 1. The number of carbonyl (C=O) groups excluding carboxylic acids is 1. The van der Waals surface area contributed by atoms with Gasteiger partial charge in [-0.05, 0) is 55.0 Å². The molecule has 2 aromatic rings. The molecular formula is C22H27N3O2S. The Morgan fingerprint density at radius 2 is 1.89 bits per heavy atom. The maximum atomic E-state index is 12.9. The van der Waals surface area contributed by atoms with Crippen LogP contribution >= 0.6 is 11.3 Å². The standard InChI is InChI=1S/C22H27N3O2S/c26-21(25-10-1-2-11-25)20-15-18-19(28-20)5-14-27-22(18)6-12-24(13-7-22)16-17-3-8-23-9-4-17/h3-4,8-9,15H,1-2,5-7,10-14,16H2. The second-order valence-electron chi connectivity index (χ2n) is 8.17. The Bertz CT molecular complexity index is 837. The van der Waals surface area contributed by atoms with Crippen molar-refractivity contribution in [1.82, 2.24) is 14.8 Å². The molecule has 2 aromatic heterocycles. The molecule has 3 aliphatic heterocycles. The first kappa shape index (κ1) is 18.3. The maximum absolute atomic E-state index is 12.9. The molecule has 5 rings (SSSR count). The number of hydrogen-bond donors (Lipinski definition) is 0. The highest BCUT2D eigenvalue weighted by Gasteiger charge is 2.42. The summed E-state index contributed by atoms with van der Waals surface area (Å²) in [5.74, 6) is 0.224. The third-order valence-corrected chi connectivity index (χ3v) is 7.61. The van der Waals surface area contributed by atoms with E-state index in [-0.39, 0.29) is 11.5 Å². The molecule has 2 saturated heterocycles. The van der Waals surface area contributed by atoms with Gasteiger partial charge in [-0.2, -0.15) is 0 Å². The van der Waals surface area contributed by atoms with Gasteiger partial charge in [0.1, 0.15) is 0 Å². The number of carbonyl (C=O) groups is 1. The van der Waals surface area contributed by atoms with Crippen LogP contribution in [0.1, 0.15) is 51.4 Å². The van der Waals surface area contributed by atoms with Crippen molar-refractivity contribution in [3.8, 4) is 0 Å². The number of hydrogen-bond acceptors (Lipinski definition) is 5. The second-order valence-corrected chi connectivity index (χ2v) is 9.31. The van der Waals surface area contributed by atoms with Crippen LogP contribution in [0.3, 0.4) is 0 Å². The van der Waals surface area contributed by atoms with Gasteiger partial charge >= 0.3 is 0 Å². The SMILES string of the molecule is O=C(c1cc2c(s1)CCOC21CCN(Cc2ccncc2)CC1)N1CCCC1. The van der Waals surface area contributed by atoms with Crippen LogP contribution in [-0.4, -0.2) is 53.5 Å². The lowest BCUT2D eigenvalue weighted by molar-refractivity contribution is -0.0980. The van der Waals surface area contributed by atoms with E-state index in [2.05, 4.69) is 28.1 Å². The van der Waals surface area contributed by atoms with E-state index < -0.39 is 0 Å². The fraction of sp³-hybridized carbons (Fsp3) is 0.545. The summed E-state index contributed by atoms with van der Waals surface area (Å²) >= 11 is 1.71. The van der Waals surface area contributed by atoms with Gasteiger partial charge in [0.15, 0.2) is 0 Å². The molecule has 0 atom stereocenters. The summed E-state index contributed by atoms with van der Waals surface area (Å²) in [6.07, 6.45) is 8.94. The zero-order valence-corrected chi connectivity index (χ0v) is 17.0. The summed E-state index contributed by atoms with van der Waals surface area (Å²) in [4.78, 5) is 23.8. The molecule has 0 aliphatic carbocycles. The van der Waals surface area contributed by atoms with Crippen LogP contribution in [0.15, 0.2) is 30.6 Å². The van der Waals surface area contributed by atoms with Gasteiger partial charge in [-0.1, -0.05) is 0 Å². The fourth-order valence-corrected chi connectivity index (χ4v) is 6.03. The van der Waals surface area contributed by atoms with E-state index in [1.54, 1.807) is 11.3 Å². The molecular weight excluding hydrogens is 370 g/mol. The Kier molecular flexibility index (Phi) is 4.95. The average Bonchev–Trinajstić information content (AvgIpc) is 3.41. The number of rotatable bonds is 3. The summed E-state index contributed by atoms with van der Waals surface area (Å²) in [6, 6.07) is 6.35. The van der Waals surface area contributed by atoms with E-state index in [1.165, 1.54) is 16.0 Å². The topological polar surface area (TPSA) is 45.7 Å². The highest BCUT2D eigenvalue weighted by atomic mass is 32.1. The van der Waals surface area contributed by atoms with Crippen LogP contribution < -0.4 is 0 Å². The summed E-state index contributed by atoms with van der Waals surface area (Å²) in [7, 11) is 0. The van der Waals surface area contributed by atoms with Crippen LogP contribution in [0.4, 0.5) is 0 Å². The van der Waals surface area contributed by atoms with E-state index in [1.807, 2.05) is 17.3 Å². The zero-order valence-electron chi connectivity index (χ0n) is 16.2. The number of piperidine rings is 1. The van der Waals surface area contributed by atoms with Gasteiger partial charge < -0.3 is 9.64 Å². The van der Waals surface area contributed by atoms with Crippen molar-refractivity contribution in [2.45, 2.75) is 44.2 Å². The predicted octanol–water partition coefficient (Wildman–Crippen LogP) is 3.44. The number of nitrogens with zero attached hydrogens (tertiary/aromatic N) is 3. The minimum absolute atomic E-state index is 0.192. The molecule has 28 heavy (non-hydrogen) atoms. The number of pyridine rings is 1. The molecule has 0 N–H and O–H groups in total. The number of ether oxygens (including phenoxy) is 1. The van der Waals surface area contributed by atoms with Gasteiger partial charge in [0, 0.05) is 56.4 Å². The van der Waals surface area contributed by atoms with Gasteiger partial charge in [-0.15, -0.1) is 11.3 Å². The predicted molar refractivity (Wildman–Crippen MR) is 110 cm³/mol. The number of fused-ring (bicyclic) bond motifs is 2. The smallest absolute Gasteiger partial charge is 0.263 e. The third kappa shape index (κ3) is 3.38. The molecule has 5 heterocycles. The van der Waals surface area contributed by atoms with Crippen LogP contribution in [0.2, 0.25) is 0 Å². The molecule has 2 fully saturated rings. The summed E-state index contributed by atoms with van der Waals surface area (Å²) in [5.41, 5.74) is 2.42. The second kappa shape index (κ2) is 7.58. The van der Waals surface area contributed by atoms with Crippen molar-refractivity contribution in [2.75, 3.05) is 32.8 Å². The number of amides is 1. The first-order valence-corrected chi connectivity index (χ1v) is 11.2. The van der Waals surface area contributed by atoms with E-state index in [0.29, 0.717) is 0 Å². The van der Waals surface area contributed by atoms with Gasteiger partial charge in [-0.25, -0.2) is 0 Å². The normalized spacial score (nSPS) is 21.8. The molecule has 0 aromatic carbocycles. The van der Waals surface area contributed by atoms with Gasteiger partial charge in [0.2, 0.25) is 0 Å². The van der Waals surface area contributed by atoms with Gasteiger partial charge in [-0.3, -0.25) is 14.7 Å². The lowest BCUT2D eigenvalue weighted by Gasteiger charge is -2.44. The van der Waals surface area contributed by atoms with Crippen molar-refractivity contribution in [2.24, 2.45) is 0 Å². The van der Waals surface area contributed by atoms with E-state index in [9.17, 15) is 4.79 Å². The van der Waals surface area contributed by atoms with Gasteiger partial charge in [0.25, 0.3) is 5.91 Å². The minimum Gasteiger partial charge on any atom is -0.370 e. The maximum Gasteiger partial charge on any atom is 0.263 e. The molecule has 3 aliphatic rings.